The lowest BCUT2D eigenvalue weighted by Gasteiger charge is -2.13. The van der Waals surface area contributed by atoms with Gasteiger partial charge in [0.2, 0.25) is 0 Å². The molecule has 18 heavy (non-hydrogen) atoms. The Labute approximate surface area is 102 Å². The average Bonchev–Trinajstić information content (AvgIpc) is 2.93. The van der Waals surface area contributed by atoms with E-state index in [1.165, 1.54) is 6.33 Å². The molecule has 3 heterocycles. The van der Waals surface area contributed by atoms with Gasteiger partial charge in [0.1, 0.15) is 24.2 Å². The molecule has 1 fully saturated rings. The van der Waals surface area contributed by atoms with Gasteiger partial charge in [-0.3, -0.25) is 4.57 Å². The van der Waals surface area contributed by atoms with Crippen LogP contribution in [-0.4, -0.2) is 48.5 Å². The molecule has 96 valence electrons. The zero-order chi connectivity index (χ0) is 12.7. The van der Waals surface area contributed by atoms with Crippen molar-refractivity contribution in [1.82, 2.24) is 19.5 Å². The summed E-state index contributed by atoms with van der Waals surface area (Å²) in [5.74, 6) is 0.302. The molecule has 0 radical (unpaired) electrons. The first-order chi connectivity index (χ1) is 8.70. The number of nitrogens with zero attached hydrogens (tertiary/aromatic N) is 4. The maximum Gasteiger partial charge on any atom is 0.167 e. The Balaban J connectivity index is 1.99. The van der Waals surface area contributed by atoms with Gasteiger partial charge in [0.15, 0.2) is 11.5 Å². The smallest absolute Gasteiger partial charge is 0.167 e. The quantitative estimate of drug-likeness (QED) is 0.592. The minimum atomic E-state index is -0.698. The van der Waals surface area contributed by atoms with E-state index in [2.05, 4.69) is 15.0 Å². The van der Waals surface area contributed by atoms with Gasteiger partial charge in [-0.2, -0.15) is 0 Å². The van der Waals surface area contributed by atoms with E-state index in [9.17, 15) is 5.11 Å². The highest BCUT2D eigenvalue weighted by atomic mass is 16.5. The van der Waals surface area contributed by atoms with Crippen LogP contribution in [0.2, 0.25) is 0 Å². The topological polar surface area (TPSA) is 119 Å². The molecule has 3 atom stereocenters. The number of aliphatic hydroxyl groups is 2. The van der Waals surface area contributed by atoms with Crippen LogP contribution < -0.4 is 5.73 Å². The highest BCUT2D eigenvalue weighted by molar-refractivity contribution is 5.81. The second-order valence-corrected chi connectivity index (χ2v) is 4.20. The number of hydrogen-bond donors (Lipinski definition) is 3. The maximum atomic E-state index is 9.71. The van der Waals surface area contributed by atoms with E-state index >= 15 is 0 Å². The highest BCUT2D eigenvalue weighted by Gasteiger charge is 2.35. The molecular formula is C10H13N5O3. The van der Waals surface area contributed by atoms with E-state index in [0.717, 1.165) is 0 Å². The Hall–Kier alpha value is -1.77. The summed E-state index contributed by atoms with van der Waals surface area (Å²) < 4.78 is 7.22. The van der Waals surface area contributed by atoms with Gasteiger partial charge in [-0.25, -0.2) is 15.0 Å². The lowest BCUT2D eigenvalue weighted by Crippen LogP contribution is -2.24. The third-order valence-corrected chi connectivity index (χ3v) is 3.08. The number of nitrogen functional groups attached to an aromatic ring is 1. The van der Waals surface area contributed by atoms with Crippen molar-refractivity contribution in [2.45, 2.75) is 24.9 Å². The molecule has 0 aromatic carbocycles. The molecule has 2 aromatic heterocycles. The SMILES string of the molecule is [15NH2]c1[15n]cnc2c1[15n][13cH]n2[C@H]1C[C@H](O)[C@@H](CO)O1. The largest absolute Gasteiger partial charge is 0.394 e. The maximum absolute atomic E-state index is 9.71. The van der Waals surface area contributed by atoms with Gasteiger partial charge in [-0.15, -0.1) is 0 Å². The first-order valence-corrected chi connectivity index (χ1v) is 5.58. The monoisotopic (exact) mass is 255 g/mol. The Morgan fingerprint density at radius 3 is 3.00 bits per heavy atom. The summed E-state index contributed by atoms with van der Waals surface area (Å²) in [4.78, 5) is 12.1. The number of anilines is 1. The van der Waals surface area contributed by atoms with Gasteiger partial charge >= 0.3 is 0 Å². The summed E-state index contributed by atoms with van der Waals surface area (Å²) in [6, 6.07) is 0. The lowest BCUT2D eigenvalue weighted by atomic mass is 10.2. The predicted octanol–water partition coefficient (Wildman–Crippen LogP) is -0.951. The first-order valence-electron chi connectivity index (χ1n) is 5.58. The molecule has 0 unspecified atom stereocenters. The van der Waals surface area contributed by atoms with Crippen LogP contribution in [-0.2, 0) is 4.74 Å². The van der Waals surface area contributed by atoms with Crippen LogP contribution in [0.15, 0.2) is 12.7 Å². The number of aliphatic hydroxyl groups excluding tert-OH is 2. The van der Waals surface area contributed by atoms with E-state index in [1.54, 1.807) is 10.9 Å². The standard InChI is InChI=1S/C10H13N5O3/c11-9-8-10(13-3-12-9)15(4-14-8)7-1-5(17)6(2-16)18-7/h3-7,16-17H,1-2H2,(H2,11,12,13)/t5-,6+,7+/m0/s1/i4+1,11+1,12+1,14+1. The second-order valence-electron chi connectivity index (χ2n) is 4.20. The average molecular weight is 255 g/mol. The lowest BCUT2D eigenvalue weighted by molar-refractivity contribution is -0.0432. The summed E-state index contributed by atoms with van der Waals surface area (Å²) in [6.07, 6.45) is 1.60. The molecule has 1 aliphatic heterocycles. The Bertz CT molecular complexity index is 572. The molecule has 8 nitrogen and oxygen atoms in total. The summed E-state index contributed by atoms with van der Waals surface area (Å²) >= 11 is 0. The fourth-order valence-corrected chi connectivity index (χ4v) is 2.13. The van der Waals surface area contributed by atoms with Crippen molar-refractivity contribution >= 4 is 17.0 Å². The number of rotatable bonds is 2. The van der Waals surface area contributed by atoms with Crippen LogP contribution in [0.5, 0.6) is 0 Å². The Morgan fingerprint density at radius 1 is 1.44 bits per heavy atom. The number of fused-ring (bicyclic) bond motifs is 1. The minimum Gasteiger partial charge on any atom is -0.394 e. The van der Waals surface area contributed by atoms with Gasteiger partial charge in [0.05, 0.1) is 19.0 Å². The number of hydrogen-bond acceptors (Lipinski definition) is 7. The zero-order valence-electron chi connectivity index (χ0n) is 9.47. The normalized spacial score (nSPS) is 28.0. The van der Waals surface area contributed by atoms with E-state index in [-0.39, 0.29) is 6.61 Å². The summed E-state index contributed by atoms with van der Waals surface area (Å²) in [6.45, 7) is -0.221. The Morgan fingerprint density at radius 2 is 2.28 bits per heavy atom. The van der Waals surface area contributed by atoms with Crippen molar-refractivity contribution in [2.24, 2.45) is 0 Å². The minimum absolute atomic E-state index is 0.221. The summed E-state index contributed by atoms with van der Waals surface area (Å²) in [5.41, 5.74) is 6.75. The van der Waals surface area contributed by atoms with Gasteiger partial charge < -0.3 is 20.7 Å². The summed E-state index contributed by atoms with van der Waals surface area (Å²) in [5, 5.41) is 18.8. The van der Waals surface area contributed by atoms with Crippen LogP contribution in [0.1, 0.15) is 12.6 Å². The van der Waals surface area contributed by atoms with Crippen LogP contribution in [0.4, 0.5) is 5.82 Å². The fraction of sp³-hybridized carbons (Fsp3) is 0.500. The molecule has 1 saturated heterocycles. The van der Waals surface area contributed by atoms with Crippen molar-refractivity contribution in [2.75, 3.05) is 12.3 Å². The van der Waals surface area contributed by atoms with Gasteiger partial charge in [-0.05, 0) is 0 Å². The van der Waals surface area contributed by atoms with Crippen molar-refractivity contribution in [3.05, 3.63) is 12.7 Å². The fourth-order valence-electron chi connectivity index (χ4n) is 2.13. The van der Waals surface area contributed by atoms with E-state index in [0.29, 0.717) is 23.4 Å². The van der Waals surface area contributed by atoms with Gasteiger partial charge in [0, 0.05) is 6.42 Å². The van der Waals surface area contributed by atoms with E-state index < -0.39 is 18.4 Å². The number of imidazole rings is 1. The molecule has 4 N–H and O–H groups in total. The molecule has 3 rings (SSSR count). The third-order valence-electron chi connectivity index (χ3n) is 3.08. The predicted molar refractivity (Wildman–Crippen MR) is 61.4 cm³/mol. The first kappa shape index (κ1) is 11.3. The van der Waals surface area contributed by atoms with Crippen molar-refractivity contribution in [3.8, 4) is 0 Å². The molecule has 2 aromatic rings. The van der Waals surface area contributed by atoms with Crippen molar-refractivity contribution in [1.29, 1.82) is 0 Å². The molecule has 8 heteroatoms. The molecular weight excluding hydrogens is 242 g/mol. The molecule has 0 spiro atoms. The van der Waals surface area contributed by atoms with Crippen LogP contribution in [0.3, 0.4) is 0 Å². The zero-order valence-corrected chi connectivity index (χ0v) is 9.47. The summed E-state index contributed by atoms with van der Waals surface area (Å²) in [7, 11) is 0. The second kappa shape index (κ2) is 4.16. The number of aromatic nitrogens is 4. The number of ether oxygens (including phenoxy) is 1. The molecule has 0 saturated carbocycles. The van der Waals surface area contributed by atoms with Crippen LogP contribution in [0.25, 0.3) is 11.2 Å². The van der Waals surface area contributed by atoms with E-state index in [1.807, 2.05) is 0 Å². The van der Waals surface area contributed by atoms with E-state index in [4.69, 9.17) is 15.6 Å². The van der Waals surface area contributed by atoms with Crippen LogP contribution in [0, 0.1) is 0 Å². The molecule has 0 aliphatic carbocycles. The highest BCUT2D eigenvalue weighted by Crippen LogP contribution is 2.30. The molecule has 0 amide bonds. The molecule has 0 bridgehead atoms. The van der Waals surface area contributed by atoms with Crippen molar-refractivity contribution in [3.63, 3.8) is 0 Å². The van der Waals surface area contributed by atoms with Gasteiger partial charge in [-0.1, -0.05) is 0 Å². The third kappa shape index (κ3) is 1.62. The Kier molecular flexibility index (Phi) is 2.62. The van der Waals surface area contributed by atoms with Crippen molar-refractivity contribution < 1.29 is 14.9 Å². The molecule has 1 aliphatic rings. The number of nitrogens with two attached hydrogens (primary N) is 1. The van der Waals surface area contributed by atoms with Crippen LogP contribution >= 0.6 is 0 Å². The van der Waals surface area contributed by atoms with Gasteiger partial charge in [0.25, 0.3) is 0 Å².